The molecule has 0 saturated heterocycles. The van der Waals surface area contributed by atoms with Crippen molar-refractivity contribution < 1.29 is 9.74 Å². The van der Waals surface area contributed by atoms with E-state index in [2.05, 4.69) is 25.3 Å². The Morgan fingerprint density at radius 1 is 1.57 bits per heavy atom. The van der Waals surface area contributed by atoms with Gasteiger partial charge in [-0.2, -0.15) is 4.68 Å². The van der Waals surface area contributed by atoms with Gasteiger partial charge in [-0.25, -0.2) is 4.63 Å². The van der Waals surface area contributed by atoms with Crippen molar-refractivity contribution in [3.8, 4) is 5.82 Å². The molecule has 0 saturated carbocycles. The maximum absolute atomic E-state index is 9.36. The molecule has 74 valence electrons. The molecule has 0 amide bonds. The fourth-order valence-electron chi connectivity index (χ4n) is 1.03. The van der Waals surface area contributed by atoms with Crippen molar-refractivity contribution in [3.63, 3.8) is 0 Å². The molecule has 0 fully saturated rings. The molecule has 8 nitrogen and oxygen atoms in total. The van der Waals surface area contributed by atoms with Gasteiger partial charge in [0.2, 0.25) is 11.6 Å². The number of aromatic nitrogens is 5. The summed E-state index contributed by atoms with van der Waals surface area (Å²) in [5.41, 5.74) is 5.93. The first-order valence-corrected chi connectivity index (χ1v) is 3.87. The van der Waals surface area contributed by atoms with Crippen LogP contribution in [0.4, 0.5) is 5.82 Å². The summed E-state index contributed by atoms with van der Waals surface area (Å²) in [5, 5.41) is 23.6. The summed E-state index contributed by atoms with van der Waals surface area (Å²) in [4.78, 5) is 0. The molecular weight excluding hydrogens is 188 g/mol. The van der Waals surface area contributed by atoms with E-state index in [-0.39, 0.29) is 11.6 Å². The first kappa shape index (κ1) is 8.63. The third-order valence-corrected chi connectivity index (χ3v) is 1.70. The zero-order chi connectivity index (χ0) is 10.1. The zero-order valence-corrected chi connectivity index (χ0v) is 7.32. The van der Waals surface area contributed by atoms with Crippen LogP contribution < -0.4 is 5.73 Å². The lowest BCUT2D eigenvalue weighted by Crippen LogP contribution is -2.07. The van der Waals surface area contributed by atoms with Gasteiger partial charge in [-0.15, -0.1) is 5.10 Å². The zero-order valence-electron chi connectivity index (χ0n) is 7.32. The molecule has 1 atom stereocenters. The highest BCUT2D eigenvalue weighted by Gasteiger charge is 2.16. The lowest BCUT2D eigenvalue weighted by Gasteiger charge is -2.03. The summed E-state index contributed by atoms with van der Waals surface area (Å²) in [5.74, 6) is 0.316. The number of nitrogen functional groups attached to an aromatic ring is 1. The van der Waals surface area contributed by atoms with E-state index in [4.69, 9.17) is 5.73 Å². The molecule has 2 aromatic heterocycles. The fraction of sp³-hybridized carbons (Fsp3) is 0.333. The van der Waals surface area contributed by atoms with Gasteiger partial charge >= 0.3 is 0 Å². The van der Waals surface area contributed by atoms with Crippen LogP contribution in [0, 0.1) is 0 Å². The number of anilines is 1. The predicted octanol–water partition coefficient (Wildman–Crippen LogP) is -0.714. The molecule has 0 aromatic carbocycles. The molecule has 0 radical (unpaired) electrons. The Morgan fingerprint density at radius 3 is 2.93 bits per heavy atom. The summed E-state index contributed by atoms with van der Waals surface area (Å²) < 4.78 is 5.68. The van der Waals surface area contributed by atoms with E-state index in [1.54, 1.807) is 6.92 Å². The van der Waals surface area contributed by atoms with Crippen LogP contribution in [0.15, 0.2) is 10.8 Å². The predicted molar refractivity (Wildman–Crippen MR) is 44.3 cm³/mol. The molecule has 3 N–H and O–H groups in total. The second kappa shape index (κ2) is 3.07. The van der Waals surface area contributed by atoms with E-state index in [0.717, 1.165) is 0 Å². The number of hydrogen-bond acceptors (Lipinski definition) is 7. The first-order valence-electron chi connectivity index (χ1n) is 3.87. The second-order valence-corrected chi connectivity index (χ2v) is 2.72. The maximum Gasteiger partial charge on any atom is 0.243 e. The van der Waals surface area contributed by atoms with Crippen LogP contribution in [0.3, 0.4) is 0 Å². The van der Waals surface area contributed by atoms with Gasteiger partial charge in [0, 0.05) is 0 Å². The minimum atomic E-state index is -0.721. The third kappa shape index (κ3) is 1.21. The van der Waals surface area contributed by atoms with Crippen molar-refractivity contribution in [2.45, 2.75) is 13.0 Å². The molecule has 0 aliphatic rings. The van der Waals surface area contributed by atoms with E-state index in [1.165, 1.54) is 10.9 Å². The largest absolute Gasteiger partial charge is 0.387 e. The van der Waals surface area contributed by atoms with Crippen LogP contribution >= 0.6 is 0 Å². The quantitative estimate of drug-likeness (QED) is 0.651. The van der Waals surface area contributed by atoms with E-state index >= 15 is 0 Å². The smallest absolute Gasteiger partial charge is 0.243 e. The Hall–Kier alpha value is -1.96. The maximum atomic E-state index is 9.36. The number of nitrogens with two attached hydrogens (primary N) is 1. The first-order chi connectivity index (χ1) is 6.70. The van der Waals surface area contributed by atoms with Crippen LogP contribution in [0.1, 0.15) is 18.7 Å². The van der Waals surface area contributed by atoms with Crippen molar-refractivity contribution in [2.24, 2.45) is 0 Å². The lowest BCUT2D eigenvalue weighted by atomic mass is 10.3. The van der Waals surface area contributed by atoms with Gasteiger partial charge in [-0.3, -0.25) is 0 Å². The van der Waals surface area contributed by atoms with E-state index in [0.29, 0.717) is 5.69 Å². The standard InChI is InChI=1S/C6H8N6O2/c1-3(13)4-2-8-11-12(4)6-5(7)9-14-10-6/h2-3,13H,1H3,(H2,7,9). The Morgan fingerprint density at radius 2 is 2.36 bits per heavy atom. The fourth-order valence-corrected chi connectivity index (χ4v) is 1.03. The summed E-state index contributed by atoms with van der Waals surface area (Å²) in [6.07, 6.45) is 0.694. The van der Waals surface area contributed by atoms with Gasteiger partial charge in [-0.1, -0.05) is 5.21 Å². The Balaban J connectivity index is 2.52. The molecule has 0 spiro atoms. The van der Waals surface area contributed by atoms with Gasteiger partial charge in [0.05, 0.1) is 18.0 Å². The van der Waals surface area contributed by atoms with Gasteiger partial charge < -0.3 is 10.8 Å². The van der Waals surface area contributed by atoms with Gasteiger partial charge in [0.25, 0.3) is 0 Å². The van der Waals surface area contributed by atoms with Crippen molar-refractivity contribution in [1.29, 1.82) is 0 Å². The molecule has 2 heterocycles. The van der Waals surface area contributed by atoms with Gasteiger partial charge in [0.1, 0.15) is 0 Å². The number of nitrogens with zero attached hydrogens (tertiary/aromatic N) is 5. The summed E-state index contributed by atoms with van der Waals surface area (Å²) in [7, 11) is 0. The van der Waals surface area contributed by atoms with Crippen molar-refractivity contribution >= 4 is 5.82 Å². The Bertz CT molecular complexity index is 433. The third-order valence-electron chi connectivity index (χ3n) is 1.70. The molecule has 2 rings (SSSR count). The minimum Gasteiger partial charge on any atom is -0.387 e. The Labute approximate surface area is 78.3 Å². The minimum absolute atomic E-state index is 0.0948. The molecule has 0 aliphatic heterocycles. The highest BCUT2D eigenvalue weighted by atomic mass is 16.6. The second-order valence-electron chi connectivity index (χ2n) is 2.72. The number of hydrogen-bond donors (Lipinski definition) is 2. The van der Waals surface area contributed by atoms with Crippen molar-refractivity contribution in [3.05, 3.63) is 11.9 Å². The SMILES string of the molecule is CC(O)c1cnnn1-c1nonc1N. The van der Waals surface area contributed by atoms with Crippen LogP contribution in [0.2, 0.25) is 0 Å². The highest BCUT2D eigenvalue weighted by Crippen LogP contribution is 2.16. The topological polar surface area (TPSA) is 116 Å². The van der Waals surface area contributed by atoms with Gasteiger partial charge in [-0.05, 0) is 17.2 Å². The Kier molecular flexibility index (Phi) is 1.89. The number of aliphatic hydroxyl groups is 1. The van der Waals surface area contributed by atoms with E-state index in [1.807, 2.05) is 0 Å². The highest BCUT2D eigenvalue weighted by molar-refractivity contribution is 5.44. The average molecular weight is 196 g/mol. The molecule has 1 unspecified atom stereocenters. The summed E-state index contributed by atoms with van der Waals surface area (Å²) in [6.45, 7) is 1.58. The van der Waals surface area contributed by atoms with Crippen molar-refractivity contribution in [2.75, 3.05) is 5.73 Å². The lowest BCUT2D eigenvalue weighted by molar-refractivity contribution is 0.190. The monoisotopic (exact) mass is 196 g/mol. The molecule has 2 aromatic rings. The number of aliphatic hydroxyl groups excluding tert-OH is 1. The van der Waals surface area contributed by atoms with Crippen LogP contribution in [-0.4, -0.2) is 30.4 Å². The average Bonchev–Trinajstić information content (AvgIpc) is 2.70. The molecule has 0 aliphatic carbocycles. The molecular formula is C6H8N6O2. The number of rotatable bonds is 2. The molecule has 8 heteroatoms. The molecule has 14 heavy (non-hydrogen) atoms. The van der Waals surface area contributed by atoms with Gasteiger partial charge in [0.15, 0.2) is 0 Å². The van der Waals surface area contributed by atoms with Crippen LogP contribution in [-0.2, 0) is 0 Å². The summed E-state index contributed by atoms with van der Waals surface area (Å²) in [6, 6.07) is 0. The summed E-state index contributed by atoms with van der Waals surface area (Å²) >= 11 is 0. The normalized spacial score (nSPS) is 13.0. The van der Waals surface area contributed by atoms with Crippen LogP contribution in [0.25, 0.3) is 5.82 Å². The van der Waals surface area contributed by atoms with Crippen molar-refractivity contribution in [1.82, 2.24) is 25.3 Å². The molecule has 0 bridgehead atoms. The van der Waals surface area contributed by atoms with Crippen LogP contribution in [0.5, 0.6) is 0 Å². The van der Waals surface area contributed by atoms with E-state index < -0.39 is 6.10 Å². The van der Waals surface area contributed by atoms with E-state index in [9.17, 15) is 5.11 Å².